The van der Waals surface area contributed by atoms with Crippen LogP contribution in [0.1, 0.15) is 24.5 Å². The molecule has 18 heavy (non-hydrogen) atoms. The summed E-state index contributed by atoms with van der Waals surface area (Å²) < 4.78 is 28.5. The fraction of sp³-hybridized carbons (Fsp3) is 0.417. The van der Waals surface area contributed by atoms with E-state index in [1.807, 2.05) is 6.07 Å². The van der Waals surface area contributed by atoms with E-state index in [1.54, 1.807) is 26.8 Å². The molecule has 98 valence electrons. The number of ether oxygens (including phenoxy) is 1. The quantitative estimate of drug-likeness (QED) is 0.799. The largest absolute Gasteiger partial charge is 0.474 e. The average Bonchev–Trinajstić information content (AvgIpc) is 2.26. The molecule has 0 fully saturated rings. The predicted molar refractivity (Wildman–Crippen MR) is 69.3 cm³/mol. The summed E-state index contributed by atoms with van der Waals surface area (Å²) >= 11 is 0. The van der Waals surface area contributed by atoms with E-state index in [2.05, 4.69) is 0 Å². The lowest BCUT2D eigenvalue weighted by Gasteiger charge is -2.16. The molecule has 1 atom stereocenters. The van der Waals surface area contributed by atoms with Crippen molar-refractivity contribution in [2.45, 2.75) is 38.2 Å². The van der Waals surface area contributed by atoms with Crippen LogP contribution in [0.2, 0.25) is 0 Å². The van der Waals surface area contributed by atoms with Gasteiger partial charge in [-0.3, -0.25) is 0 Å². The van der Waals surface area contributed by atoms with Gasteiger partial charge in [-0.15, -0.1) is 0 Å². The highest BCUT2D eigenvalue weighted by molar-refractivity contribution is 8.13. The van der Waals surface area contributed by atoms with Gasteiger partial charge in [-0.2, -0.15) is 5.26 Å². The molecule has 0 aliphatic heterocycles. The first kappa shape index (κ1) is 14.8. The third kappa shape index (κ3) is 3.37. The van der Waals surface area contributed by atoms with Gasteiger partial charge in [0.05, 0.1) is 0 Å². The molecular weight excluding hydrogens is 274 g/mol. The first-order valence-electron chi connectivity index (χ1n) is 5.41. The van der Waals surface area contributed by atoms with Crippen LogP contribution in [0, 0.1) is 25.2 Å². The molecule has 1 unspecified atom stereocenters. The highest BCUT2D eigenvalue weighted by atomic mass is 35.7. The number of rotatable bonds is 4. The summed E-state index contributed by atoms with van der Waals surface area (Å²) in [7, 11) is 1.48. The van der Waals surface area contributed by atoms with E-state index in [9.17, 15) is 8.42 Å². The zero-order valence-electron chi connectivity index (χ0n) is 10.4. The first-order valence-corrected chi connectivity index (χ1v) is 7.72. The van der Waals surface area contributed by atoms with Gasteiger partial charge in [0.25, 0.3) is 9.05 Å². The van der Waals surface area contributed by atoms with Crippen molar-refractivity contribution >= 4 is 19.7 Å². The Hall–Kier alpha value is -1.25. The number of hydrogen-bond donors (Lipinski definition) is 0. The van der Waals surface area contributed by atoms with Crippen LogP contribution in [-0.4, -0.2) is 14.5 Å². The lowest BCUT2D eigenvalue weighted by atomic mass is 10.1. The Morgan fingerprint density at radius 1 is 1.44 bits per heavy atom. The second kappa shape index (κ2) is 5.59. The third-order valence-corrected chi connectivity index (χ3v) is 3.75. The number of nitrogens with zero attached hydrogens (tertiary/aromatic N) is 1. The summed E-state index contributed by atoms with van der Waals surface area (Å²) in [6.45, 7) is 5.27. The van der Waals surface area contributed by atoms with Crippen molar-refractivity contribution in [3.8, 4) is 11.8 Å². The van der Waals surface area contributed by atoms with Gasteiger partial charge >= 0.3 is 0 Å². The van der Waals surface area contributed by atoms with Gasteiger partial charge in [-0.1, -0.05) is 13.0 Å². The molecule has 0 saturated heterocycles. The molecule has 6 heteroatoms. The van der Waals surface area contributed by atoms with Crippen molar-refractivity contribution < 1.29 is 13.2 Å². The molecule has 0 spiro atoms. The Morgan fingerprint density at radius 2 is 2.06 bits per heavy atom. The molecule has 0 aliphatic rings. The van der Waals surface area contributed by atoms with Gasteiger partial charge in [0.15, 0.2) is 6.10 Å². The van der Waals surface area contributed by atoms with Crippen LogP contribution in [0.5, 0.6) is 5.75 Å². The van der Waals surface area contributed by atoms with Crippen molar-refractivity contribution in [2.24, 2.45) is 0 Å². The minimum absolute atomic E-state index is 0.0876. The molecule has 1 rings (SSSR count). The number of hydrogen-bond acceptors (Lipinski definition) is 4. The topological polar surface area (TPSA) is 67.2 Å². The Bertz CT molecular complexity index is 590. The van der Waals surface area contributed by atoms with E-state index in [0.717, 1.165) is 5.56 Å². The minimum atomic E-state index is -3.90. The van der Waals surface area contributed by atoms with Crippen LogP contribution >= 0.6 is 10.7 Å². The van der Waals surface area contributed by atoms with E-state index in [-0.39, 0.29) is 10.6 Å². The molecule has 0 aliphatic carbocycles. The van der Waals surface area contributed by atoms with E-state index in [1.165, 1.54) is 6.07 Å². The van der Waals surface area contributed by atoms with Gasteiger partial charge in [-0.25, -0.2) is 8.42 Å². The second-order valence-corrected chi connectivity index (χ2v) is 6.53. The maximum Gasteiger partial charge on any atom is 0.265 e. The van der Waals surface area contributed by atoms with Gasteiger partial charge < -0.3 is 4.74 Å². The number of nitriles is 1. The summed E-state index contributed by atoms with van der Waals surface area (Å²) in [5.41, 5.74) is 1.41. The van der Waals surface area contributed by atoms with Gasteiger partial charge in [0, 0.05) is 10.7 Å². The Balaban J connectivity index is 3.39. The summed E-state index contributed by atoms with van der Waals surface area (Å²) in [5.74, 6) is 0.156. The summed E-state index contributed by atoms with van der Waals surface area (Å²) in [4.78, 5) is -0.0876. The van der Waals surface area contributed by atoms with Crippen molar-refractivity contribution in [3.05, 3.63) is 23.3 Å². The standard InChI is InChI=1S/C12H14ClNO3S/c1-4-10(7-14)17-12-9(3)5-8(2)6-11(12)18(13,15)16/h5-6,10H,4H2,1-3H3. The molecule has 0 bridgehead atoms. The zero-order chi connectivity index (χ0) is 13.9. The van der Waals surface area contributed by atoms with Crippen LogP contribution in [0.3, 0.4) is 0 Å². The zero-order valence-corrected chi connectivity index (χ0v) is 12.0. The van der Waals surface area contributed by atoms with Crippen molar-refractivity contribution in [2.75, 3.05) is 0 Å². The maximum absolute atomic E-state index is 11.5. The van der Waals surface area contributed by atoms with Crippen molar-refractivity contribution in [1.82, 2.24) is 0 Å². The summed E-state index contributed by atoms with van der Waals surface area (Å²) in [6.07, 6.45) is -0.227. The number of aryl methyl sites for hydroxylation is 2. The smallest absolute Gasteiger partial charge is 0.265 e. The lowest BCUT2D eigenvalue weighted by Crippen LogP contribution is -2.15. The maximum atomic E-state index is 11.5. The highest BCUT2D eigenvalue weighted by Gasteiger charge is 2.21. The fourth-order valence-corrected chi connectivity index (χ4v) is 2.69. The molecule has 0 amide bonds. The van der Waals surface area contributed by atoms with Gasteiger partial charge in [0.2, 0.25) is 0 Å². The van der Waals surface area contributed by atoms with Crippen molar-refractivity contribution in [3.63, 3.8) is 0 Å². The minimum Gasteiger partial charge on any atom is -0.474 e. The lowest BCUT2D eigenvalue weighted by molar-refractivity contribution is 0.243. The van der Waals surface area contributed by atoms with E-state index >= 15 is 0 Å². The molecule has 0 radical (unpaired) electrons. The Kier molecular flexibility index (Phi) is 4.60. The van der Waals surface area contributed by atoms with Gasteiger partial charge in [0.1, 0.15) is 16.7 Å². The Labute approximate surface area is 112 Å². The van der Waals surface area contributed by atoms with Crippen LogP contribution in [0.25, 0.3) is 0 Å². The molecule has 1 aromatic carbocycles. The number of benzene rings is 1. The van der Waals surface area contributed by atoms with Crippen LogP contribution in [0.15, 0.2) is 17.0 Å². The molecule has 0 heterocycles. The van der Waals surface area contributed by atoms with E-state index in [4.69, 9.17) is 20.7 Å². The average molecular weight is 288 g/mol. The molecule has 0 saturated carbocycles. The van der Waals surface area contributed by atoms with Crippen molar-refractivity contribution in [1.29, 1.82) is 5.26 Å². The van der Waals surface area contributed by atoms with Gasteiger partial charge in [-0.05, 0) is 37.5 Å². The fourth-order valence-electron chi connectivity index (χ4n) is 1.59. The monoisotopic (exact) mass is 287 g/mol. The van der Waals surface area contributed by atoms with Crippen LogP contribution < -0.4 is 4.74 Å². The predicted octanol–water partition coefficient (Wildman–Crippen LogP) is 2.91. The molecule has 0 N–H and O–H groups in total. The summed E-state index contributed by atoms with van der Waals surface area (Å²) in [6, 6.07) is 5.18. The number of halogens is 1. The SMILES string of the molecule is CCC(C#N)Oc1c(C)cc(C)cc1S(=O)(=O)Cl. The normalized spacial score (nSPS) is 12.8. The van der Waals surface area contributed by atoms with Crippen LogP contribution in [-0.2, 0) is 9.05 Å². The summed E-state index contributed by atoms with van der Waals surface area (Å²) in [5, 5.41) is 8.87. The Morgan fingerprint density at radius 3 is 2.50 bits per heavy atom. The second-order valence-electron chi connectivity index (χ2n) is 3.99. The van der Waals surface area contributed by atoms with Crippen LogP contribution in [0.4, 0.5) is 0 Å². The molecule has 1 aromatic rings. The van der Waals surface area contributed by atoms with E-state index < -0.39 is 15.2 Å². The van der Waals surface area contributed by atoms with E-state index in [0.29, 0.717) is 12.0 Å². The molecule has 4 nitrogen and oxygen atoms in total. The highest BCUT2D eigenvalue weighted by Crippen LogP contribution is 2.32. The molecule has 0 aromatic heterocycles. The third-order valence-electron chi connectivity index (χ3n) is 2.42. The molecular formula is C12H14ClNO3S. The first-order chi connectivity index (χ1) is 8.29.